The quantitative estimate of drug-likeness (QED) is 0.767. The minimum atomic E-state index is -0.775. The van der Waals surface area contributed by atoms with Gasteiger partial charge in [0.05, 0.1) is 11.2 Å². The van der Waals surface area contributed by atoms with Crippen LogP contribution in [0.25, 0.3) is 0 Å². The molecule has 1 aromatic heterocycles. The van der Waals surface area contributed by atoms with Crippen LogP contribution in [0.5, 0.6) is 0 Å². The molecule has 1 aromatic rings. The van der Waals surface area contributed by atoms with Gasteiger partial charge >= 0.3 is 13.2 Å². The molecule has 0 atom stereocenters. The van der Waals surface area contributed by atoms with Crippen molar-refractivity contribution in [3.63, 3.8) is 0 Å². The van der Waals surface area contributed by atoms with Gasteiger partial charge in [-0.15, -0.1) is 0 Å². The lowest BCUT2D eigenvalue weighted by atomic mass is 9.82. The monoisotopic (exact) mass is 309 g/mol. The van der Waals surface area contributed by atoms with E-state index in [1.165, 1.54) is 4.90 Å². The normalized spacial score (nSPS) is 22.4. The average molecular weight is 309 g/mol. The van der Waals surface area contributed by atoms with Crippen LogP contribution < -0.4 is 5.46 Å². The van der Waals surface area contributed by atoms with Gasteiger partial charge in [-0.05, 0) is 40.5 Å². The molecule has 0 saturated carbocycles. The fourth-order valence-electron chi connectivity index (χ4n) is 2.28. The maximum absolute atomic E-state index is 10.1. The summed E-state index contributed by atoms with van der Waals surface area (Å²) in [7, 11) is -0.307. The molecule has 2 saturated heterocycles. The van der Waals surface area contributed by atoms with E-state index in [1.54, 1.807) is 12.4 Å². The molecule has 3 rings (SSSR count). The van der Waals surface area contributed by atoms with E-state index in [4.69, 9.17) is 14.4 Å². The van der Waals surface area contributed by atoms with Crippen molar-refractivity contribution in [3.05, 3.63) is 12.4 Å². The van der Waals surface area contributed by atoms with E-state index in [9.17, 15) is 4.79 Å². The van der Waals surface area contributed by atoms with E-state index in [1.807, 2.05) is 27.7 Å². The average Bonchev–Trinajstić information content (AvgIpc) is 3.13. The molecule has 2 fully saturated rings. The standard InChI is InChI=1S/C9H15BN2O2.C5H9NO2/c1-8(2)9(3,4)14-10(13-8)7-5-11-12-6-7;7-5(8)6-3-1-2-4-6/h5-6H,1-4H3,(H,11,12);1-4H2,(H,7,8). The first kappa shape index (κ1) is 16.8. The Balaban J connectivity index is 0.000000188. The van der Waals surface area contributed by atoms with Crippen LogP contribution in [-0.2, 0) is 9.31 Å². The highest BCUT2D eigenvalue weighted by molar-refractivity contribution is 6.61. The second-order valence-corrected chi connectivity index (χ2v) is 6.60. The molecule has 2 N–H and O–H groups in total. The Morgan fingerprint density at radius 3 is 2.18 bits per heavy atom. The van der Waals surface area contributed by atoms with Gasteiger partial charge in [0.15, 0.2) is 0 Å². The number of H-pyrrole nitrogens is 1. The molecule has 2 aliphatic heterocycles. The second kappa shape index (κ2) is 6.30. The highest BCUT2D eigenvalue weighted by Crippen LogP contribution is 2.36. The van der Waals surface area contributed by atoms with Gasteiger partial charge in [-0.2, -0.15) is 5.10 Å². The Bertz CT molecular complexity index is 482. The van der Waals surface area contributed by atoms with Crippen molar-refractivity contribution >= 4 is 18.7 Å². The van der Waals surface area contributed by atoms with Gasteiger partial charge in [-0.1, -0.05) is 0 Å². The predicted octanol–water partition coefficient (Wildman–Crippen LogP) is 1.47. The molecule has 7 nitrogen and oxygen atoms in total. The van der Waals surface area contributed by atoms with E-state index in [0.717, 1.165) is 31.4 Å². The van der Waals surface area contributed by atoms with Gasteiger partial charge in [0.25, 0.3) is 0 Å². The number of aromatic amines is 1. The first-order valence-electron chi connectivity index (χ1n) is 7.55. The van der Waals surface area contributed by atoms with Gasteiger partial charge < -0.3 is 19.3 Å². The van der Waals surface area contributed by atoms with Crippen LogP contribution >= 0.6 is 0 Å². The topological polar surface area (TPSA) is 87.7 Å². The number of nitrogens with one attached hydrogen (secondary N) is 1. The van der Waals surface area contributed by atoms with Crippen molar-refractivity contribution in [2.45, 2.75) is 51.7 Å². The zero-order valence-electron chi connectivity index (χ0n) is 13.6. The Labute approximate surface area is 131 Å². The fraction of sp³-hybridized carbons (Fsp3) is 0.714. The zero-order valence-corrected chi connectivity index (χ0v) is 13.6. The van der Waals surface area contributed by atoms with Crippen molar-refractivity contribution in [1.29, 1.82) is 0 Å². The fourth-order valence-corrected chi connectivity index (χ4v) is 2.28. The Morgan fingerprint density at radius 1 is 1.27 bits per heavy atom. The third kappa shape index (κ3) is 3.62. The first-order chi connectivity index (χ1) is 10.2. The Morgan fingerprint density at radius 2 is 1.82 bits per heavy atom. The summed E-state index contributed by atoms with van der Waals surface area (Å²) in [6.45, 7) is 9.60. The summed E-state index contributed by atoms with van der Waals surface area (Å²) >= 11 is 0. The molecule has 0 aromatic carbocycles. The summed E-state index contributed by atoms with van der Waals surface area (Å²) in [5.41, 5.74) is 0.368. The predicted molar refractivity (Wildman–Crippen MR) is 83.1 cm³/mol. The Kier molecular flexibility index (Phi) is 4.82. The molecule has 122 valence electrons. The van der Waals surface area contributed by atoms with Crippen molar-refractivity contribution in [2.75, 3.05) is 13.1 Å². The summed E-state index contributed by atoms with van der Waals surface area (Å²) in [6.07, 6.45) is 4.81. The first-order valence-corrected chi connectivity index (χ1v) is 7.55. The van der Waals surface area contributed by atoms with Crippen molar-refractivity contribution in [3.8, 4) is 0 Å². The lowest BCUT2D eigenvalue weighted by Crippen LogP contribution is -2.41. The number of carboxylic acid groups (broad SMARTS) is 1. The zero-order chi connectivity index (χ0) is 16.4. The van der Waals surface area contributed by atoms with Crippen molar-refractivity contribution in [2.24, 2.45) is 0 Å². The number of hydrogen-bond donors (Lipinski definition) is 2. The van der Waals surface area contributed by atoms with Gasteiger partial charge in [0, 0.05) is 30.9 Å². The van der Waals surface area contributed by atoms with E-state index >= 15 is 0 Å². The third-order valence-corrected chi connectivity index (χ3v) is 4.42. The number of likely N-dealkylation sites (tertiary alicyclic amines) is 1. The van der Waals surface area contributed by atoms with Crippen LogP contribution in [0.4, 0.5) is 4.79 Å². The van der Waals surface area contributed by atoms with Gasteiger partial charge in [-0.3, -0.25) is 5.10 Å². The maximum Gasteiger partial charge on any atom is 0.498 e. The summed E-state index contributed by atoms with van der Waals surface area (Å²) in [5.74, 6) is 0. The molecular weight excluding hydrogens is 285 g/mol. The molecule has 0 bridgehead atoms. The largest absolute Gasteiger partial charge is 0.498 e. The molecular formula is C14H24BN3O4. The smallest absolute Gasteiger partial charge is 0.465 e. The molecule has 0 spiro atoms. The van der Waals surface area contributed by atoms with Gasteiger partial charge in [-0.25, -0.2) is 4.79 Å². The number of amides is 1. The van der Waals surface area contributed by atoms with Crippen LogP contribution in [-0.4, -0.2) is 57.7 Å². The maximum atomic E-state index is 10.1. The lowest BCUT2D eigenvalue weighted by molar-refractivity contribution is 0.00578. The molecule has 0 unspecified atom stereocenters. The van der Waals surface area contributed by atoms with Gasteiger partial charge in [0.1, 0.15) is 0 Å². The van der Waals surface area contributed by atoms with E-state index in [-0.39, 0.29) is 18.3 Å². The Hall–Kier alpha value is -1.54. The molecule has 0 aliphatic carbocycles. The highest BCUT2D eigenvalue weighted by Gasteiger charge is 2.51. The van der Waals surface area contributed by atoms with Crippen molar-refractivity contribution < 1.29 is 19.2 Å². The number of carbonyl (C=O) groups is 1. The van der Waals surface area contributed by atoms with E-state index in [0.29, 0.717) is 0 Å². The van der Waals surface area contributed by atoms with Crippen LogP contribution in [0.2, 0.25) is 0 Å². The molecule has 3 heterocycles. The van der Waals surface area contributed by atoms with E-state index < -0.39 is 6.09 Å². The SMILES string of the molecule is CC1(C)OB(c2cn[nH]c2)OC1(C)C.O=C(O)N1CCCC1. The minimum absolute atomic E-state index is 0.283. The number of nitrogens with zero attached hydrogens (tertiary/aromatic N) is 2. The van der Waals surface area contributed by atoms with Crippen LogP contribution in [0, 0.1) is 0 Å². The van der Waals surface area contributed by atoms with E-state index in [2.05, 4.69) is 10.2 Å². The van der Waals surface area contributed by atoms with Crippen LogP contribution in [0.3, 0.4) is 0 Å². The van der Waals surface area contributed by atoms with Crippen LogP contribution in [0.1, 0.15) is 40.5 Å². The molecule has 22 heavy (non-hydrogen) atoms. The summed E-state index contributed by atoms with van der Waals surface area (Å²) < 4.78 is 11.7. The third-order valence-electron chi connectivity index (χ3n) is 4.42. The highest BCUT2D eigenvalue weighted by atomic mass is 16.7. The molecule has 0 radical (unpaired) electrons. The van der Waals surface area contributed by atoms with Crippen molar-refractivity contribution in [1.82, 2.24) is 15.1 Å². The number of rotatable bonds is 1. The number of hydrogen-bond acceptors (Lipinski definition) is 4. The molecule has 8 heteroatoms. The minimum Gasteiger partial charge on any atom is -0.465 e. The molecule has 2 aliphatic rings. The summed E-state index contributed by atoms with van der Waals surface area (Å²) in [6, 6.07) is 0. The number of aromatic nitrogens is 2. The molecule has 1 amide bonds. The van der Waals surface area contributed by atoms with Crippen LogP contribution in [0.15, 0.2) is 12.4 Å². The van der Waals surface area contributed by atoms with Gasteiger partial charge in [0.2, 0.25) is 0 Å². The summed E-state index contributed by atoms with van der Waals surface area (Å²) in [4.78, 5) is 11.6. The second-order valence-electron chi connectivity index (χ2n) is 6.60. The lowest BCUT2D eigenvalue weighted by Gasteiger charge is -2.32. The summed E-state index contributed by atoms with van der Waals surface area (Å²) in [5, 5.41) is 15.0.